The normalized spacial score (nSPS) is 12.0. The molecule has 0 fully saturated rings. The van der Waals surface area contributed by atoms with Crippen LogP contribution in [0, 0.1) is 0 Å². The van der Waals surface area contributed by atoms with Gasteiger partial charge in [0.25, 0.3) is 0 Å². The molecule has 1 unspecified atom stereocenters. The van der Waals surface area contributed by atoms with Gasteiger partial charge in [-0.3, -0.25) is 4.90 Å². The second kappa shape index (κ2) is 5.24. The predicted molar refractivity (Wildman–Crippen MR) is 61.7 cm³/mol. The fourth-order valence-electron chi connectivity index (χ4n) is 0.988. The van der Waals surface area contributed by atoms with Gasteiger partial charge in [0.2, 0.25) is 0 Å². The first kappa shape index (κ1) is 12.1. The summed E-state index contributed by atoms with van der Waals surface area (Å²) in [6, 6.07) is 6.85. The lowest BCUT2D eigenvalue weighted by Gasteiger charge is -2.17. The highest BCUT2D eigenvalue weighted by molar-refractivity contribution is 6.30. The molecule has 1 rings (SSSR count). The molecule has 0 aliphatic heterocycles. The maximum absolute atomic E-state index is 11.4. The number of anilines is 1. The Balaban J connectivity index is 2.71. The van der Waals surface area contributed by atoms with E-state index in [4.69, 9.17) is 27.9 Å². The van der Waals surface area contributed by atoms with E-state index < -0.39 is 11.7 Å². The number of alkyl halides is 1. The number of rotatable bonds is 2. The highest BCUT2D eigenvalue weighted by atomic mass is 35.5. The van der Waals surface area contributed by atoms with Crippen molar-refractivity contribution in [1.29, 1.82) is 0 Å². The molecule has 1 aromatic rings. The van der Waals surface area contributed by atoms with E-state index in [1.54, 1.807) is 38.2 Å². The molecule has 0 aromatic heterocycles. The maximum Gasteiger partial charge on any atom is 0.415 e. The number of nitrogens with zero attached hydrogens (tertiary/aromatic N) is 1. The van der Waals surface area contributed by atoms with E-state index in [-0.39, 0.29) is 0 Å². The third kappa shape index (κ3) is 3.61. The minimum atomic E-state index is -0.646. The predicted octanol–water partition coefficient (Wildman–Crippen LogP) is 3.50. The molecule has 82 valence electrons. The van der Waals surface area contributed by atoms with Crippen LogP contribution in [0.3, 0.4) is 0 Å². The molecule has 0 radical (unpaired) electrons. The Bertz CT molecular complexity index is 338. The van der Waals surface area contributed by atoms with Gasteiger partial charge in [0.05, 0.1) is 0 Å². The number of carbonyl (C=O) groups excluding carboxylic acids is 1. The third-order valence-corrected chi connectivity index (χ3v) is 2.09. The maximum atomic E-state index is 11.4. The first-order valence-corrected chi connectivity index (χ1v) is 5.16. The zero-order chi connectivity index (χ0) is 11.4. The standard InChI is InChI=1S/C10H11Cl2NO2/c1-7(11)15-10(14)13(2)9-5-3-8(12)4-6-9/h3-7H,1-2H3. The van der Waals surface area contributed by atoms with Crippen molar-refractivity contribution in [2.24, 2.45) is 0 Å². The molecule has 0 spiro atoms. The van der Waals surface area contributed by atoms with E-state index in [9.17, 15) is 4.79 Å². The molecule has 0 aliphatic rings. The molecular weight excluding hydrogens is 237 g/mol. The van der Waals surface area contributed by atoms with Crippen molar-refractivity contribution in [3.63, 3.8) is 0 Å². The fourth-order valence-corrected chi connectivity index (χ4v) is 1.19. The summed E-state index contributed by atoms with van der Waals surface area (Å²) >= 11 is 11.3. The molecule has 0 heterocycles. The first-order valence-electron chi connectivity index (χ1n) is 4.34. The molecule has 1 atom stereocenters. The van der Waals surface area contributed by atoms with Crippen molar-refractivity contribution in [3.05, 3.63) is 29.3 Å². The Morgan fingerprint density at radius 3 is 2.40 bits per heavy atom. The Labute approximate surface area is 98.5 Å². The van der Waals surface area contributed by atoms with E-state index in [1.807, 2.05) is 0 Å². The largest absolute Gasteiger partial charge is 0.430 e. The van der Waals surface area contributed by atoms with Gasteiger partial charge in [0.1, 0.15) is 0 Å². The van der Waals surface area contributed by atoms with E-state index >= 15 is 0 Å². The summed E-state index contributed by atoms with van der Waals surface area (Å²) in [6.07, 6.45) is -0.500. The number of halogens is 2. The van der Waals surface area contributed by atoms with Gasteiger partial charge in [-0.2, -0.15) is 0 Å². The van der Waals surface area contributed by atoms with Crippen molar-refractivity contribution < 1.29 is 9.53 Å². The quantitative estimate of drug-likeness (QED) is 0.749. The molecule has 0 N–H and O–H groups in total. The number of amides is 1. The Morgan fingerprint density at radius 1 is 1.40 bits per heavy atom. The van der Waals surface area contributed by atoms with Crippen LogP contribution in [0.5, 0.6) is 0 Å². The summed E-state index contributed by atoms with van der Waals surface area (Å²) in [7, 11) is 1.60. The molecule has 0 saturated heterocycles. The van der Waals surface area contributed by atoms with Crippen LogP contribution in [0.25, 0.3) is 0 Å². The molecule has 5 heteroatoms. The fraction of sp³-hybridized carbons (Fsp3) is 0.300. The number of carbonyl (C=O) groups is 1. The first-order chi connectivity index (χ1) is 7.00. The van der Waals surface area contributed by atoms with Crippen molar-refractivity contribution in [3.8, 4) is 0 Å². The van der Waals surface area contributed by atoms with Gasteiger partial charge >= 0.3 is 6.09 Å². The topological polar surface area (TPSA) is 29.5 Å². The van der Waals surface area contributed by atoms with Crippen LogP contribution in [0.4, 0.5) is 10.5 Å². The molecule has 3 nitrogen and oxygen atoms in total. The Hall–Kier alpha value is -0.930. The smallest absolute Gasteiger partial charge is 0.415 e. The molecule has 1 amide bonds. The lowest BCUT2D eigenvalue weighted by Crippen LogP contribution is -2.28. The second-order valence-corrected chi connectivity index (χ2v) is 4.01. The van der Waals surface area contributed by atoms with Crippen molar-refractivity contribution in [2.75, 3.05) is 11.9 Å². The third-order valence-electron chi connectivity index (χ3n) is 1.75. The van der Waals surface area contributed by atoms with Crippen LogP contribution < -0.4 is 4.90 Å². The van der Waals surface area contributed by atoms with Crippen LogP contribution >= 0.6 is 23.2 Å². The van der Waals surface area contributed by atoms with Gasteiger partial charge < -0.3 is 4.74 Å². The summed E-state index contributed by atoms with van der Waals surface area (Å²) in [6.45, 7) is 1.58. The summed E-state index contributed by atoms with van der Waals surface area (Å²) in [5, 5.41) is 0.617. The van der Waals surface area contributed by atoms with Gasteiger partial charge in [-0.25, -0.2) is 4.79 Å². The van der Waals surface area contributed by atoms with Crippen LogP contribution in [0.15, 0.2) is 24.3 Å². The van der Waals surface area contributed by atoms with Gasteiger partial charge in [-0.15, -0.1) is 0 Å². The van der Waals surface area contributed by atoms with Crippen LogP contribution in [-0.2, 0) is 4.74 Å². The van der Waals surface area contributed by atoms with E-state index in [1.165, 1.54) is 4.90 Å². The van der Waals surface area contributed by atoms with Gasteiger partial charge in [0, 0.05) is 17.8 Å². The van der Waals surface area contributed by atoms with Crippen LogP contribution in [0.1, 0.15) is 6.92 Å². The highest BCUT2D eigenvalue weighted by Gasteiger charge is 2.13. The minimum Gasteiger partial charge on any atom is -0.430 e. The van der Waals surface area contributed by atoms with Gasteiger partial charge in [-0.1, -0.05) is 23.2 Å². The molecule has 15 heavy (non-hydrogen) atoms. The summed E-state index contributed by atoms with van der Waals surface area (Å²) in [5.74, 6) is 0. The molecule has 1 aromatic carbocycles. The number of hydrogen-bond donors (Lipinski definition) is 0. The SMILES string of the molecule is CC(Cl)OC(=O)N(C)c1ccc(Cl)cc1. The van der Waals surface area contributed by atoms with Crippen molar-refractivity contribution >= 4 is 35.0 Å². The number of hydrogen-bond acceptors (Lipinski definition) is 2. The van der Waals surface area contributed by atoms with Crippen molar-refractivity contribution in [2.45, 2.75) is 12.5 Å². The summed E-state index contributed by atoms with van der Waals surface area (Å²) < 4.78 is 4.82. The monoisotopic (exact) mass is 247 g/mol. The van der Waals surface area contributed by atoms with Gasteiger partial charge in [0.15, 0.2) is 5.56 Å². The zero-order valence-corrected chi connectivity index (χ0v) is 9.92. The molecule has 0 aliphatic carbocycles. The molecule has 0 saturated carbocycles. The molecule has 0 bridgehead atoms. The lowest BCUT2D eigenvalue weighted by molar-refractivity contribution is 0.147. The number of benzene rings is 1. The second-order valence-electron chi connectivity index (χ2n) is 2.96. The van der Waals surface area contributed by atoms with Crippen molar-refractivity contribution in [1.82, 2.24) is 0 Å². The van der Waals surface area contributed by atoms with Crippen LogP contribution in [-0.4, -0.2) is 18.7 Å². The zero-order valence-electron chi connectivity index (χ0n) is 8.41. The summed E-state index contributed by atoms with van der Waals surface area (Å²) in [5.41, 5.74) is 0.0500. The summed E-state index contributed by atoms with van der Waals surface area (Å²) in [4.78, 5) is 12.8. The van der Waals surface area contributed by atoms with Crippen LogP contribution in [0.2, 0.25) is 5.02 Å². The number of ether oxygens (including phenoxy) is 1. The van der Waals surface area contributed by atoms with E-state index in [0.717, 1.165) is 0 Å². The lowest BCUT2D eigenvalue weighted by atomic mass is 10.3. The highest BCUT2D eigenvalue weighted by Crippen LogP contribution is 2.17. The van der Waals surface area contributed by atoms with E-state index in [0.29, 0.717) is 10.7 Å². The van der Waals surface area contributed by atoms with Gasteiger partial charge in [-0.05, 0) is 31.2 Å². The van der Waals surface area contributed by atoms with E-state index in [2.05, 4.69) is 0 Å². The molecular formula is C10H11Cl2NO2. The Kier molecular flexibility index (Phi) is 4.24. The average molecular weight is 248 g/mol. The Morgan fingerprint density at radius 2 is 1.93 bits per heavy atom. The minimum absolute atomic E-state index is 0.500. The average Bonchev–Trinajstić information content (AvgIpc) is 2.17.